The molecule has 0 aliphatic carbocycles. The highest BCUT2D eigenvalue weighted by atomic mass is 16.5. The summed E-state index contributed by atoms with van der Waals surface area (Å²) in [4.78, 5) is 12.7. The lowest BCUT2D eigenvalue weighted by Gasteiger charge is -2.24. The first-order chi connectivity index (χ1) is 14.3. The van der Waals surface area contributed by atoms with Gasteiger partial charge in [-0.05, 0) is 61.7 Å². The molecule has 2 aromatic carbocycles. The molecular formula is C26H32O4. The molecule has 0 heterocycles. The largest absolute Gasteiger partial charge is 0.493 e. The summed E-state index contributed by atoms with van der Waals surface area (Å²) in [5, 5.41) is 0. The molecule has 0 unspecified atom stereocenters. The molecule has 0 spiro atoms. The number of allylic oxidation sites excluding steroid dienone is 1. The van der Waals surface area contributed by atoms with E-state index in [-0.39, 0.29) is 11.2 Å². The van der Waals surface area contributed by atoms with E-state index in [9.17, 15) is 4.79 Å². The van der Waals surface area contributed by atoms with Crippen molar-refractivity contribution < 1.29 is 19.0 Å². The summed E-state index contributed by atoms with van der Waals surface area (Å²) >= 11 is 0. The van der Waals surface area contributed by atoms with Crippen LogP contribution in [0.4, 0.5) is 0 Å². The highest BCUT2D eigenvalue weighted by Crippen LogP contribution is 2.37. The fourth-order valence-electron chi connectivity index (χ4n) is 2.98. The molecule has 0 saturated carbocycles. The average molecular weight is 409 g/mol. The van der Waals surface area contributed by atoms with Gasteiger partial charge >= 0.3 is 0 Å². The lowest BCUT2D eigenvalue weighted by molar-refractivity contribution is 0.104. The van der Waals surface area contributed by atoms with Gasteiger partial charge in [0.2, 0.25) is 0 Å². The predicted molar refractivity (Wildman–Crippen MR) is 123 cm³/mol. The molecule has 0 aromatic heterocycles. The van der Waals surface area contributed by atoms with E-state index in [1.807, 2.05) is 26.0 Å². The van der Waals surface area contributed by atoms with E-state index < -0.39 is 0 Å². The van der Waals surface area contributed by atoms with Gasteiger partial charge in [-0.15, -0.1) is 0 Å². The van der Waals surface area contributed by atoms with Crippen molar-refractivity contribution >= 4 is 11.9 Å². The van der Waals surface area contributed by atoms with Crippen molar-refractivity contribution in [2.24, 2.45) is 0 Å². The van der Waals surface area contributed by atoms with Crippen LogP contribution in [0.2, 0.25) is 0 Å². The smallest absolute Gasteiger partial charge is 0.185 e. The molecular weight excluding hydrogens is 376 g/mol. The maximum Gasteiger partial charge on any atom is 0.185 e. The molecule has 160 valence electrons. The SMILES string of the molecule is C=CCOc1ccc(C(=O)C=Cc2cc(C(C)(C)C)c(OCC)cc2OCC)cc1. The van der Waals surface area contributed by atoms with Crippen LogP contribution in [0.3, 0.4) is 0 Å². The van der Waals surface area contributed by atoms with Crippen molar-refractivity contribution in [2.75, 3.05) is 19.8 Å². The van der Waals surface area contributed by atoms with Crippen molar-refractivity contribution in [3.05, 3.63) is 71.8 Å². The lowest BCUT2D eigenvalue weighted by atomic mass is 9.85. The normalized spacial score (nSPS) is 11.4. The Balaban J connectivity index is 2.33. The van der Waals surface area contributed by atoms with Crippen LogP contribution in [-0.4, -0.2) is 25.6 Å². The number of ether oxygens (including phenoxy) is 3. The minimum absolute atomic E-state index is 0.0843. The van der Waals surface area contributed by atoms with Crippen LogP contribution >= 0.6 is 0 Å². The molecule has 4 nitrogen and oxygen atoms in total. The third kappa shape index (κ3) is 6.24. The summed E-state index contributed by atoms with van der Waals surface area (Å²) in [5.74, 6) is 2.13. The van der Waals surface area contributed by atoms with Gasteiger partial charge in [0.15, 0.2) is 5.78 Å². The molecule has 2 aromatic rings. The Bertz CT molecular complexity index is 886. The Kier molecular flexibility index (Phi) is 8.28. The van der Waals surface area contributed by atoms with Crippen LogP contribution in [0.25, 0.3) is 6.08 Å². The second-order valence-corrected chi connectivity index (χ2v) is 7.82. The van der Waals surface area contributed by atoms with Crippen molar-refractivity contribution in [3.63, 3.8) is 0 Å². The maximum atomic E-state index is 12.7. The van der Waals surface area contributed by atoms with Gasteiger partial charge in [-0.25, -0.2) is 0 Å². The zero-order valence-electron chi connectivity index (χ0n) is 18.7. The number of ketones is 1. The fraction of sp³-hybridized carbons (Fsp3) is 0.346. The highest BCUT2D eigenvalue weighted by Gasteiger charge is 2.21. The van der Waals surface area contributed by atoms with E-state index >= 15 is 0 Å². The van der Waals surface area contributed by atoms with Crippen LogP contribution in [0.15, 0.2) is 55.1 Å². The van der Waals surface area contributed by atoms with E-state index in [2.05, 4.69) is 27.4 Å². The third-order valence-electron chi connectivity index (χ3n) is 4.44. The topological polar surface area (TPSA) is 44.8 Å². The van der Waals surface area contributed by atoms with E-state index in [1.165, 1.54) is 0 Å². The summed E-state index contributed by atoms with van der Waals surface area (Å²) in [6.07, 6.45) is 5.06. The molecule has 0 N–H and O–H groups in total. The van der Waals surface area contributed by atoms with Crippen LogP contribution in [0.1, 0.15) is 56.1 Å². The molecule has 0 atom stereocenters. The van der Waals surface area contributed by atoms with E-state index in [1.54, 1.807) is 42.5 Å². The standard InChI is InChI=1S/C26H32O4/c1-7-16-30-21-13-10-19(11-14-21)23(27)15-12-20-17-22(26(4,5)6)25(29-9-3)18-24(20)28-8-2/h7,10-15,17-18H,1,8-9,16H2,2-6H3. The predicted octanol–water partition coefficient (Wildman–Crippen LogP) is 6.24. The third-order valence-corrected chi connectivity index (χ3v) is 4.44. The molecule has 30 heavy (non-hydrogen) atoms. The van der Waals surface area contributed by atoms with Crippen LogP contribution in [0, 0.1) is 0 Å². The van der Waals surface area contributed by atoms with E-state index in [0.29, 0.717) is 36.9 Å². The van der Waals surface area contributed by atoms with Gasteiger partial charge < -0.3 is 14.2 Å². The molecule has 0 saturated heterocycles. The van der Waals surface area contributed by atoms with Crippen molar-refractivity contribution in [3.8, 4) is 17.2 Å². The van der Waals surface area contributed by atoms with Crippen LogP contribution in [0.5, 0.6) is 17.2 Å². The number of carbonyl (C=O) groups is 1. The molecule has 0 aliphatic heterocycles. The van der Waals surface area contributed by atoms with Crippen molar-refractivity contribution in [1.82, 2.24) is 0 Å². The summed E-state index contributed by atoms with van der Waals surface area (Å²) in [5.41, 5.74) is 2.41. The van der Waals surface area contributed by atoms with Gasteiger partial charge in [-0.3, -0.25) is 4.79 Å². The van der Waals surface area contributed by atoms with Gasteiger partial charge in [-0.2, -0.15) is 0 Å². The van der Waals surface area contributed by atoms with Crippen LogP contribution in [-0.2, 0) is 5.41 Å². The minimum atomic E-state index is -0.108. The maximum absolute atomic E-state index is 12.7. The molecule has 0 radical (unpaired) electrons. The molecule has 4 heteroatoms. The zero-order valence-corrected chi connectivity index (χ0v) is 18.7. The average Bonchev–Trinajstić information content (AvgIpc) is 2.71. The summed E-state index contributed by atoms with van der Waals surface area (Å²) in [7, 11) is 0. The Morgan fingerprint density at radius 2 is 1.60 bits per heavy atom. The Morgan fingerprint density at radius 3 is 2.17 bits per heavy atom. The summed E-state index contributed by atoms with van der Waals surface area (Å²) in [6, 6.07) is 11.0. The number of benzene rings is 2. The van der Waals surface area contributed by atoms with Gasteiger partial charge in [0.05, 0.1) is 13.2 Å². The number of hydrogen-bond donors (Lipinski definition) is 0. The molecule has 0 fully saturated rings. The van der Waals surface area contributed by atoms with Crippen molar-refractivity contribution in [2.45, 2.75) is 40.0 Å². The lowest BCUT2D eigenvalue weighted by Crippen LogP contribution is -2.14. The van der Waals surface area contributed by atoms with E-state index in [0.717, 1.165) is 16.9 Å². The quantitative estimate of drug-likeness (QED) is 0.265. The minimum Gasteiger partial charge on any atom is -0.493 e. The monoisotopic (exact) mass is 408 g/mol. The zero-order chi connectivity index (χ0) is 22.1. The highest BCUT2D eigenvalue weighted by molar-refractivity contribution is 6.07. The van der Waals surface area contributed by atoms with E-state index in [4.69, 9.17) is 14.2 Å². The molecule has 0 amide bonds. The fourth-order valence-corrected chi connectivity index (χ4v) is 2.98. The second kappa shape index (κ2) is 10.7. The summed E-state index contributed by atoms with van der Waals surface area (Å²) in [6.45, 7) is 15.5. The number of carbonyl (C=O) groups excluding carboxylic acids is 1. The summed E-state index contributed by atoms with van der Waals surface area (Å²) < 4.78 is 17.1. The molecule has 0 aliphatic rings. The number of hydrogen-bond acceptors (Lipinski definition) is 4. The van der Waals surface area contributed by atoms with Crippen molar-refractivity contribution in [1.29, 1.82) is 0 Å². The Hall–Kier alpha value is -3.01. The molecule has 2 rings (SSSR count). The Morgan fingerprint density at radius 1 is 0.967 bits per heavy atom. The number of rotatable bonds is 10. The second-order valence-electron chi connectivity index (χ2n) is 7.82. The first-order valence-corrected chi connectivity index (χ1v) is 10.3. The van der Waals surface area contributed by atoms with Gasteiger partial charge in [-0.1, -0.05) is 33.4 Å². The Labute approximate surface area is 180 Å². The first-order valence-electron chi connectivity index (χ1n) is 10.3. The molecule has 0 bridgehead atoms. The van der Waals surface area contributed by atoms with Gasteiger partial charge in [0.1, 0.15) is 23.9 Å². The van der Waals surface area contributed by atoms with Gasteiger partial charge in [0.25, 0.3) is 0 Å². The van der Waals surface area contributed by atoms with Gasteiger partial charge in [0, 0.05) is 22.8 Å². The van der Waals surface area contributed by atoms with Crippen LogP contribution < -0.4 is 14.2 Å². The first kappa shape index (κ1) is 23.3.